The van der Waals surface area contributed by atoms with Crippen molar-refractivity contribution in [3.63, 3.8) is 0 Å². The van der Waals surface area contributed by atoms with Gasteiger partial charge in [0.15, 0.2) is 0 Å². The highest BCUT2D eigenvalue weighted by molar-refractivity contribution is 7.19. The average molecular weight is 331 g/mol. The summed E-state index contributed by atoms with van der Waals surface area (Å²) in [6, 6.07) is 8.92. The number of benzene rings is 1. The van der Waals surface area contributed by atoms with E-state index in [1.165, 1.54) is 17.4 Å². The monoisotopic (exact) mass is 331 g/mol. The lowest BCUT2D eigenvalue weighted by molar-refractivity contribution is -0.137. The summed E-state index contributed by atoms with van der Waals surface area (Å²) in [5, 5.41) is 9.68. The molecule has 2 heterocycles. The number of halogens is 3. The zero-order valence-electron chi connectivity index (χ0n) is 11.5. The number of pyridine rings is 1. The highest BCUT2D eigenvalue weighted by Gasteiger charge is 2.30. The lowest BCUT2D eigenvalue weighted by Crippen LogP contribution is -2.03. The first-order valence-electron chi connectivity index (χ1n) is 6.47. The van der Waals surface area contributed by atoms with Crippen molar-refractivity contribution in [1.29, 1.82) is 5.26 Å². The molecule has 114 valence electrons. The van der Waals surface area contributed by atoms with Crippen LogP contribution in [-0.4, -0.2) is 9.97 Å². The van der Waals surface area contributed by atoms with Gasteiger partial charge in [0.25, 0.3) is 0 Å². The van der Waals surface area contributed by atoms with Gasteiger partial charge >= 0.3 is 6.18 Å². The predicted molar refractivity (Wildman–Crippen MR) is 82.3 cm³/mol. The van der Waals surface area contributed by atoms with Crippen LogP contribution in [0.5, 0.6) is 0 Å². The normalized spacial score (nSPS) is 12.3. The van der Waals surface area contributed by atoms with E-state index in [1.807, 2.05) is 6.07 Å². The Bertz CT molecular complexity index is 921. The molecule has 0 amide bonds. The van der Waals surface area contributed by atoms with Gasteiger partial charge in [0.05, 0.1) is 21.4 Å². The Kier molecular flexibility index (Phi) is 3.84. The van der Waals surface area contributed by atoms with Crippen molar-refractivity contribution < 1.29 is 13.2 Å². The highest BCUT2D eigenvalue weighted by atomic mass is 32.1. The molecule has 0 spiro atoms. The van der Waals surface area contributed by atoms with E-state index in [-0.39, 0.29) is 11.1 Å². The van der Waals surface area contributed by atoms with Gasteiger partial charge in [-0.2, -0.15) is 18.4 Å². The Morgan fingerprint density at radius 3 is 2.74 bits per heavy atom. The van der Waals surface area contributed by atoms with Crippen LogP contribution in [0, 0.1) is 11.3 Å². The van der Waals surface area contributed by atoms with E-state index in [1.54, 1.807) is 30.6 Å². The number of rotatable bonds is 2. The van der Waals surface area contributed by atoms with Gasteiger partial charge in [-0.1, -0.05) is 6.07 Å². The fourth-order valence-electron chi connectivity index (χ4n) is 1.99. The van der Waals surface area contributed by atoms with Crippen molar-refractivity contribution in [2.24, 2.45) is 0 Å². The summed E-state index contributed by atoms with van der Waals surface area (Å²) in [4.78, 5) is 8.11. The Morgan fingerprint density at radius 2 is 2.09 bits per heavy atom. The largest absolute Gasteiger partial charge is 0.416 e. The van der Waals surface area contributed by atoms with E-state index in [4.69, 9.17) is 0 Å². The van der Waals surface area contributed by atoms with Crippen LogP contribution in [0.25, 0.3) is 21.9 Å². The molecule has 0 saturated heterocycles. The van der Waals surface area contributed by atoms with Crippen molar-refractivity contribution in [3.8, 4) is 6.07 Å². The Hall–Kier alpha value is -2.72. The molecule has 0 radical (unpaired) electrons. The van der Waals surface area contributed by atoms with Crippen molar-refractivity contribution in [2.45, 2.75) is 6.18 Å². The molecule has 0 fully saturated rings. The average Bonchev–Trinajstić information content (AvgIpc) is 2.95. The third kappa shape index (κ3) is 3.22. The molecular weight excluding hydrogens is 323 g/mol. The minimum Gasteiger partial charge on any atom is -0.264 e. The molecule has 3 nitrogen and oxygen atoms in total. The van der Waals surface area contributed by atoms with Crippen molar-refractivity contribution in [2.75, 3.05) is 0 Å². The minimum atomic E-state index is -4.42. The van der Waals surface area contributed by atoms with Crippen molar-refractivity contribution in [3.05, 3.63) is 58.9 Å². The quantitative estimate of drug-likeness (QED) is 0.635. The number of hydrogen-bond acceptors (Lipinski definition) is 4. The molecular formula is C16H8F3N3S. The molecule has 7 heteroatoms. The molecule has 2 aromatic heterocycles. The molecule has 0 aliphatic rings. The van der Waals surface area contributed by atoms with Gasteiger partial charge in [0, 0.05) is 12.4 Å². The Morgan fingerprint density at radius 1 is 1.26 bits per heavy atom. The minimum absolute atomic E-state index is 0.229. The SMILES string of the molecule is N#C/C(=C/c1cccnc1)c1nc2cc(C(F)(F)F)ccc2s1. The second-order valence-corrected chi connectivity index (χ2v) is 5.69. The number of nitrogens with zero attached hydrogens (tertiary/aromatic N) is 3. The smallest absolute Gasteiger partial charge is 0.264 e. The number of hydrogen-bond donors (Lipinski definition) is 0. The molecule has 3 aromatic rings. The fraction of sp³-hybridized carbons (Fsp3) is 0.0625. The Balaban J connectivity index is 2.06. The molecule has 0 unspecified atom stereocenters. The van der Waals surface area contributed by atoms with Gasteiger partial charge in [-0.15, -0.1) is 11.3 Å². The topological polar surface area (TPSA) is 49.6 Å². The molecule has 0 N–H and O–H groups in total. The summed E-state index contributed by atoms with van der Waals surface area (Å²) in [6.07, 6.45) is 0.392. The van der Waals surface area contributed by atoms with Crippen LogP contribution in [-0.2, 0) is 6.18 Å². The zero-order chi connectivity index (χ0) is 16.4. The van der Waals surface area contributed by atoms with Gasteiger partial charge in [0.2, 0.25) is 0 Å². The second kappa shape index (κ2) is 5.82. The number of allylic oxidation sites excluding steroid dienone is 1. The van der Waals surface area contributed by atoms with Crippen LogP contribution >= 0.6 is 11.3 Å². The van der Waals surface area contributed by atoms with E-state index in [2.05, 4.69) is 9.97 Å². The van der Waals surface area contributed by atoms with Crippen LogP contribution in [0.2, 0.25) is 0 Å². The number of nitriles is 1. The first-order valence-corrected chi connectivity index (χ1v) is 7.29. The van der Waals surface area contributed by atoms with E-state index in [0.717, 1.165) is 17.7 Å². The maximum absolute atomic E-state index is 12.7. The molecule has 1 aromatic carbocycles. The predicted octanol–water partition coefficient (Wildman–Crippen LogP) is 4.77. The van der Waals surface area contributed by atoms with E-state index in [0.29, 0.717) is 9.71 Å². The third-order valence-electron chi connectivity index (χ3n) is 3.06. The maximum Gasteiger partial charge on any atom is 0.416 e. The second-order valence-electron chi connectivity index (χ2n) is 4.66. The molecule has 23 heavy (non-hydrogen) atoms. The van der Waals surface area contributed by atoms with Crippen LogP contribution in [0.4, 0.5) is 13.2 Å². The number of thiazole rings is 1. The lowest BCUT2D eigenvalue weighted by Gasteiger charge is -2.04. The summed E-state index contributed by atoms with van der Waals surface area (Å²) < 4.78 is 38.8. The molecule has 0 saturated carbocycles. The van der Waals surface area contributed by atoms with Gasteiger partial charge in [-0.3, -0.25) is 4.98 Å². The molecule has 0 aliphatic carbocycles. The van der Waals surface area contributed by atoms with Crippen LogP contribution in [0.3, 0.4) is 0 Å². The summed E-state index contributed by atoms with van der Waals surface area (Å²) >= 11 is 1.18. The highest BCUT2D eigenvalue weighted by Crippen LogP contribution is 2.34. The van der Waals surface area contributed by atoms with Gasteiger partial charge in [0.1, 0.15) is 11.1 Å². The number of alkyl halides is 3. The van der Waals surface area contributed by atoms with Gasteiger partial charge in [-0.05, 0) is 35.9 Å². The van der Waals surface area contributed by atoms with Crippen LogP contribution < -0.4 is 0 Å². The maximum atomic E-state index is 12.7. The van der Waals surface area contributed by atoms with E-state index < -0.39 is 11.7 Å². The molecule has 0 atom stereocenters. The van der Waals surface area contributed by atoms with Crippen molar-refractivity contribution >= 4 is 33.2 Å². The van der Waals surface area contributed by atoms with Crippen LogP contribution in [0.15, 0.2) is 42.7 Å². The number of fused-ring (bicyclic) bond motifs is 1. The first-order chi connectivity index (χ1) is 11.0. The zero-order valence-corrected chi connectivity index (χ0v) is 12.3. The fourth-order valence-corrected chi connectivity index (χ4v) is 2.90. The van der Waals surface area contributed by atoms with E-state index >= 15 is 0 Å². The van der Waals surface area contributed by atoms with E-state index in [9.17, 15) is 18.4 Å². The summed E-state index contributed by atoms with van der Waals surface area (Å²) in [5.41, 5.74) is 0.482. The van der Waals surface area contributed by atoms with Crippen LogP contribution in [0.1, 0.15) is 16.1 Å². The van der Waals surface area contributed by atoms with Gasteiger partial charge < -0.3 is 0 Å². The lowest BCUT2D eigenvalue weighted by atomic mass is 10.2. The first kappa shape index (κ1) is 15.2. The molecule has 3 rings (SSSR count). The summed E-state index contributed by atoms with van der Waals surface area (Å²) in [5.74, 6) is 0. The van der Waals surface area contributed by atoms with Crippen molar-refractivity contribution in [1.82, 2.24) is 9.97 Å². The molecule has 0 bridgehead atoms. The standard InChI is InChI=1S/C16H8F3N3S/c17-16(18,19)12-3-4-14-13(7-12)22-15(23-14)11(8-20)6-10-2-1-5-21-9-10/h1-7,9H/b11-6-. The summed E-state index contributed by atoms with van der Waals surface area (Å²) in [7, 11) is 0. The third-order valence-corrected chi connectivity index (χ3v) is 4.13. The Labute approximate surface area is 133 Å². The number of aromatic nitrogens is 2. The molecule has 0 aliphatic heterocycles. The van der Waals surface area contributed by atoms with Gasteiger partial charge in [-0.25, -0.2) is 4.98 Å². The summed E-state index contributed by atoms with van der Waals surface area (Å²) in [6.45, 7) is 0.